The van der Waals surface area contributed by atoms with Crippen molar-refractivity contribution in [3.8, 4) is 0 Å². The minimum atomic E-state index is -4.45. The first-order valence-electron chi connectivity index (χ1n) is 5.07. The lowest BCUT2D eigenvalue weighted by atomic mass is 10.2. The summed E-state index contributed by atoms with van der Waals surface area (Å²) in [5, 5.41) is 1.43. The monoisotopic (exact) mass is 282 g/mol. The van der Waals surface area contributed by atoms with Crippen molar-refractivity contribution in [3.05, 3.63) is 16.1 Å². The van der Waals surface area contributed by atoms with E-state index in [-0.39, 0.29) is 6.54 Å². The molecule has 0 fully saturated rings. The van der Waals surface area contributed by atoms with E-state index in [9.17, 15) is 18.0 Å². The molecule has 1 heterocycles. The van der Waals surface area contributed by atoms with Gasteiger partial charge in [-0.25, -0.2) is 9.78 Å². The fraction of sp³-hybridized carbons (Fsp3) is 0.600. The molecule has 0 aliphatic heterocycles. The smallest absolute Gasteiger partial charge is 0.443 e. The molecular formula is C10H13F3N2O2S. The molecule has 1 aromatic rings. The Balaban J connectivity index is 2.50. The third-order valence-electron chi connectivity index (χ3n) is 1.60. The first-order valence-corrected chi connectivity index (χ1v) is 5.88. The number of ether oxygens (including phenoxy) is 1. The number of amides is 1. The van der Waals surface area contributed by atoms with Crippen molar-refractivity contribution in [2.45, 2.75) is 39.1 Å². The third kappa shape index (κ3) is 4.91. The summed E-state index contributed by atoms with van der Waals surface area (Å²) < 4.78 is 41.7. The summed E-state index contributed by atoms with van der Waals surface area (Å²) in [6, 6.07) is 0. The van der Waals surface area contributed by atoms with Gasteiger partial charge in [0.15, 0.2) is 5.01 Å². The molecule has 1 N–H and O–H groups in total. The molecule has 18 heavy (non-hydrogen) atoms. The number of thiazole rings is 1. The van der Waals surface area contributed by atoms with Crippen molar-refractivity contribution in [1.29, 1.82) is 0 Å². The standard InChI is InChI=1S/C10H13F3N2O2S/c1-9(2,3)17-8(16)15-5-6-4-14-7(18-6)10(11,12)13/h4H,5H2,1-3H3,(H,15,16). The van der Waals surface area contributed by atoms with Crippen LogP contribution < -0.4 is 5.32 Å². The number of rotatable bonds is 2. The lowest BCUT2D eigenvalue weighted by molar-refractivity contribution is -0.137. The summed E-state index contributed by atoms with van der Waals surface area (Å²) in [4.78, 5) is 14.8. The SMILES string of the molecule is CC(C)(C)OC(=O)NCc1cnc(C(F)(F)F)s1. The predicted molar refractivity (Wildman–Crippen MR) is 60.2 cm³/mol. The van der Waals surface area contributed by atoms with E-state index < -0.39 is 22.9 Å². The number of hydrogen-bond acceptors (Lipinski definition) is 4. The van der Waals surface area contributed by atoms with Crippen molar-refractivity contribution >= 4 is 17.4 Å². The first-order chi connectivity index (χ1) is 8.08. The molecule has 0 saturated heterocycles. The van der Waals surface area contributed by atoms with E-state index in [1.54, 1.807) is 20.8 Å². The zero-order valence-corrected chi connectivity index (χ0v) is 10.9. The zero-order chi connectivity index (χ0) is 14.0. The number of alkyl halides is 3. The molecule has 4 nitrogen and oxygen atoms in total. The molecule has 0 radical (unpaired) electrons. The number of carbonyl (C=O) groups excluding carboxylic acids is 1. The minimum Gasteiger partial charge on any atom is -0.444 e. The van der Waals surface area contributed by atoms with Crippen LogP contribution in [0.25, 0.3) is 0 Å². The van der Waals surface area contributed by atoms with Crippen LogP contribution in [0, 0.1) is 0 Å². The third-order valence-corrected chi connectivity index (χ3v) is 2.64. The maximum Gasteiger partial charge on any atom is 0.443 e. The Kier molecular flexibility index (Phi) is 4.20. The highest BCUT2D eigenvalue weighted by molar-refractivity contribution is 7.11. The van der Waals surface area contributed by atoms with Gasteiger partial charge in [0.2, 0.25) is 0 Å². The summed E-state index contributed by atoms with van der Waals surface area (Å²) in [5.74, 6) is 0. The average molecular weight is 282 g/mol. The van der Waals surface area contributed by atoms with Gasteiger partial charge in [0.1, 0.15) is 5.60 Å². The largest absolute Gasteiger partial charge is 0.444 e. The lowest BCUT2D eigenvalue weighted by Crippen LogP contribution is -2.31. The maximum atomic E-state index is 12.3. The van der Waals surface area contributed by atoms with Crippen molar-refractivity contribution in [3.63, 3.8) is 0 Å². The van der Waals surface area contributed by atoms with Gasteiger partial charge in [0.05, 0.1) is 6.54 Å². The predicted octanol–water partition coefficient (Wildman–Crippen LogP) is 3.19. The normalized spacial score (nSPS) is 12.3. The van der Waals surface area contributed by atoms with E-state index in [1.807, 2.05) is 0 Å². The molecular weight excluding hydrogens is 269 g/mol. The highest BCUT2D eigenvalue weighted by atomic mass is 32.1. The Labute approximate surface area is 106 Å². The first kappa shape index (κ1) is 14.7. The van der Waals surface area contributed by atoms with Crippen LogP contribution in [-0.2, 0) is 17.5 Å². The van der Waals surface area contributed by atoms with Crippen molar-refractivity contribution < 1.29 is 22.7 Å². The molecule has 0 aliphatic rings. The fourth-order valence-corrected chi connectivity index (χ4v) is 1.71. The second kappa shape index (κ2) is 5.13. The number of nitrogens with one attached hydrogen (secondary N) is 1. The second-order valence-electron chi connectivity index (χ2n) is 4.48. The van der Waals surface area contributed by atoms with Gasteiger partial charge in [-0.1, -0.05) is 0 Å². The van der Waals surface area contributed by atoms with Crippen LogP contribution >= 0.6 is 11.3 Å². The van der Waals surface area contributed by atoms with Gasteiger partial charge >= 0.3 is 12.3 Å². The summed E-state index contributed by atoms with van der Waals surface area (Å²) in [6.45, 7) is 5.05. The zero-order valence-electron chi connectivity index (χ0n) is 10.1. The Morgan fingerprint density at radius 3 is 2.50 bits per heavy atom. The molecule has 1 rings (SSSR count). The molecule has 1 amide bonds. The molecule has 0 atom stereocenters. The van der Waals surface area contributed by atoms with E-state index in [2.05, 4.69) is 10.3 Å². The molecule has 0 spiro atoms. The average Bonchev–Trinajstić information content (AvgIpc) is 2.59. The molecule has 102 valence electrons. The van der Waals surface area contributed by atoms with Crippen molar-refractivity contribution in [2.24, 2.45) is 0 Å². The van der Waals surface area contributed by atoms with E-state index >= 15 is 0 Å². The summed E-state index contributed by atoms with van der Waals surface area (Å²) in [5.41, 5.74) is -0.644. The number of hydrogen-bond donors (Lipinski definition) is 1. The van der Waals surface area contributed by atoms with Gasteiger partial charge in [-0.15, -0.1) is 11.3 Å². The number of alkyl carbamates (subject to hydrolysis) is 1. The van der Waals surface area contributed by atoms with E-state index in [4.69, 9.17) is 4.74 Å². The van der Waals surface area contributed by atoms with Crippen molar-refractivity contribution in [2.75, 3.05) is 0 Å². The molecule has 1 aromatic heterocycles. The van der Waals surface area contributed by atoms with Gasteiger partial charge in [0, 0.05) is 11.1 Å². The number of halogens is 3. The van der Waals surface area contributed by atoms with E-state index in [0.29, 0.717) is 16.2 Å². The molecule has 0 unspecified atom stereocenters. The molecule has 8 heteroatoms. The van der Waals surface area contributed by atoms with E-state index in [0.717, 1.165) is 6.20 Å². The highest BCUT2D eigenvalue weighted by Crippen LogP contribution is 2.32. The van der Waals surface area contributed by atoms with Crippen LogP contribution in [0.1, 0.15) is 30.7 Å². The maximum absolute atomic E-state index is 12.3. The lowest BCUT2D eigenvalue weighted by Gasteiger charge is -2.19. The van der Waals surface area contributed by atoms with Crippen LogP contribution in [0.4, 0.5) is 18.0 Å². The van der Waals surface area contributed by atoms with Crippen LogP contribution in [0.3, 0.4) is 0 Å². The molecule has 0 bridgehead atoms. The Bertz CT molecular complexity index is 423. The number of carbonyl (C=O) groups is 1. The van der Waals surface area contributed by atoms with Crippen LogP contribution in [0.2, 0.25) is 0 Å². The highest BCUT2D eigenvalue weighted by Gasteiger charge is 2.34. The second-order valence-corrected chi connectivity index (χ2v) is 5.60. The Morgan fingerprint density at radius 1 is 1.44 bits per heavy atom. The molecule has 0 saturated carbocycles. The fourth-order valence-electron chi connectivity index (χ4n) is 0.994. The number of nitrogens with zero attached hydrogens (tertiary/aromatic N) is 1. The molecule has 0 aliphatic carbocycles. The quantitative estimate of drug-likeness (QED) is 0.906. The van der Waals surface area contributed by atoms with Crippen LogP contribution in [0.15, 0.2) is 6.20 Å². The topological polar surface area (TPSA) is 51.2 Å². The Hall–Kier alpha value is -1.31. The van der Waals surface area contributed by atoms with Gasteiger partial charge in [0.25, 0.3) is 0 Å². The van der Waals surface area contributed by atoms with Crippen molar-refractivity contribution in [1.82, 2.24) is 10.3 Å². The molecule has 0 aromatic carbocycles. The van der Waals surface area contributed by atoms with Crippen LogP contribution in [-0.4, -0.2) is 16.7 Å². The summed E-state index contributed by atoms with van der Waals surface area (Å²) in [6.07, 6.45) is -4.04. The van der Waals surface area contributed by atoms with Gasteiger partial charge < -0.3 is 10.1 Å². The number of aromatic nitrogens is 1. The van der Waals surface area contributed by atoms with Gasteiger partial charge in [-0.05, 0) is 20.8 Å². The summed E-state index contributed by atoms with van der Waals surface area (Å²) >= 11 is 0.493. The summed E-state index contributed by atoms with van der Waals surface area (Å²) in [7, 11) is 0. The Morgan fingerprint density at radius 2 is 2.06 bits per heavy atom. The van der Waals surface area contributed by atoms with Crippen LogP contribution in [0.5, 0.6) is 0 Å². The minimum absolute atomic E-state index is 0.0390. The van der Waals surface area contributed by atoms with Gasteiger partial charge in [-0.3, -0.25) is 0 Å². The van der Waals surface area contributed by atoms with Gasteiger partial charge in [-0.2, -0.15) is 13.2 Å². The van der Waals surface area contributed by atoms with E-state index in [1.165, 1.54) is 0 Å².